The predicted molar refractivity (Wildman–Crippen MR) is 65.9 cm³/mol. The lowest BCUT2D eigenvalue weighted by molar-refractivity contribution is -0.385. The van der Waals surface area contributed by atoms with Gasteiger partial charge < -0.3 is 5.32 Å². The van der Waals surface area contributed by atoms with E-state index in [4.69, 9.17) is 0 Å². The third-order valence-electron chi connectivity index (χ3n) is 2.75. The molecule has 1 aromatic rings. The predicted octanol–water partition coefficient (Wildman–Crippen LogP) is 3.42. The minimum atomic E-state index is -0.337. The maximum absolute atomic E-state index is 10.8. The van der Waals surface area contributed by atoms with E-state index in [9.17, 15) is 10.1 Å². The van der Waals surface area contributed by atoms with Crippen molar-refractivity contribution in [2.45, 2.75) is 40.2 Å². The first-order chi connectivity index (χ1) is 7.45. The van der Waals surface area contributed by atoms with Crippen LogP contribution in [0.5, 0.6) is 0 Å². The summed E-state index contributed by atoms with van der Waals surface area (Å²) in [7, 11) is 0. The molecule has 0 radical (unpaired) electrons. The second-order valence-corrected chi connectivity index (χ2v) is 4.16. The summed E-state index contributed by atoms with van der Waals surface area (Å²) in [5.74, 6) is 0. The zero-order valence-corrected chi connectivity index (χ0v) is 10.2. The van der Waals surface area contributed by atoms with Crippen molar-refractivity contribution in [2.24, 2.45) is 0 Å². The summed E-state index contributed by atoms with van der Waals surface area (Å²) in [5, 5.41) is 14.1. The molecule has 0 aliphatic rings. The van der Waals surface area contributed by atoms with Gasteiger partial charge in [0.25, 0.3) is 5.69 Å². The molecule has 0 saturated heterocycles. The molecule has 1 atom stereocenters. The molecule has 0 fully saturated rings. The molecule has 16 heavy (non-hydrogen) atoms. The van der Waals surface area contributed by atoms with Gasteiger partial charge >= 0.3 is 0 Å². The van der Waals surface area contributed by atoms with E-state index in [1.54, 1.807) is 13.0 Å². The molecular formula is C12H18N2O2. The third-order valence-corrected chi connectivity index (χ3v) is 2.75. The lowest BCUT2D eigenvalue weighted by atomic mass is 10.1. The van der Waals surface area contributed by atoms with Gasteiger partial charge in [-0.3, -0.25) is 10.1 Å². The maximum atomic E-state index is 10.8. The number of nitro benzene ring substituents is 1. The van der Waals surface area contributed by atoms with Crippen molar-refractivity contribution in [3.8, 4) is 0 Å². The number of nitrogens with one attached hydrogen (secondary N) is 1. The van der Waals surface area contributed by atoms with Gasteiger partial charge in [-0.25, -0.2) is 0 Å². The first-order valence-electron chi connectivity index (χ1n) is 5.47. The molecule has 1 rings (SSSR count). The number of hydrogen-bond acceptors (Lipinski definition) is 3. The Balaban J connectivity index is 3.09. The monoisotopic (exact) mass is 222 g/mol. The van der Waals surface area contributed by atoms with Crippen LogP contribution in [0.3, 0.4) is 0 Å². The third kappa shape index (κ3) is 2.72. The van der Waals surface area contributed by atoms with Crippen molar-refractivity contribution in [1.29, 1.82) is 0 Å². The van der Waals surface area contributed by atoms with Gasteiger partial charge in [0.05, 0.1) is 4.92 Å². The number of anilines is 1. The lowest BCUT2D eigenvalue weighted by Gasteiger charge is -2.15. The first-order valence-corrected chi connectivity index (χ1v) is 5.47. The minimum Gasteiger partial charge on any atom is -0.382 e. The van der Waals surface area contributed by atoms with E-state index in [1.165, 1.54) is 0 Å². The van der Waals surface area contributed by atoms with E-state index in [1.807, 2.05) is 13.0 Å². The molecule has 4 nitrogen and oxygen atoms in total. The molecule has 0 bridgehead atoms. The average molecular weight is 222 g/mol. The van der Waals surface area contributed by atoms with Crippen LogP contribution in [-0.4, -0.2) is 11.0 Å². The van der Waals surface area contributed by atoms with Crippen LogP contribution in [0, 0.1) is 24.0 Å². The molecule has 0 aliphatic heterocycles. The normalized spacial score (nSPS) is 12.2. The van der Waals surface area contributed by atoms with E-state index in [0.29, 0.717) is 11.6 Å². The van der Waals surface area contributed by atoms with Crippen LogP contribution in [0.4, 0.5) is 11.4 Å². The molecule has 4 heteroatoms. The number of benzene rings is 1. The second-order valence-electron chi connectivity index (χ2n) is 4.16. The van der Waals surface area contributed by atoms with Gasteiger partial charge in [0.2, 0.25) is 0 Å². The highest BCUT2D eigenvalue weighted by Gasteiger charge is 2.14. The Morgan fingerprint density at radius 1 is 1.38 bits per heavy atom. The molecule has 0 aromatic heterocycles. The summed E-state index contributed by atoms with van der Waals surface area (Å²) in [6.07, 6.45) is 0.987. The van der Waals surface area contributed by atoms with E-state index in [-0.39, 0.29) is 10.6 Å². The van der Waals surface area contributed by atoms with Gasteiger partial charge in [-0.1, -0.05) is 6.92 Å². The van der Waals surface area contributed by atoms with Crippen LogP contribution < -0.4 is 5.32 Å². The summed E-state index contributed by atoms with van der Waals surface area (Å²) in [6, 6.07) is 3.79. The molecule has 0 heterocycles. The van der Waals surface area contributed by atoms with Crippen LogP contribution in [-0.2, 0) is 0 Å². The number of rotatable bonds is 4. The fourth-order valence-corrected chi connectivity index (χ4v) is 1.56. The highest BCUT2D eigenvalue weighted by Crippen LogP contribution is 2.26. The first kappa shape index (κ1) is 12.5. The van der Waals surface area contributed by atoms with Gasteiger partial charge in [0.15, 0.2) is 0 Å². The van der Waals surface area contributed by atoms with Gasteiger partial charge in [-0.15, -0.1) is 0 Å². The van der Waals surface area contributed by atoms with Crippen molar-refractivity contribution in [1.82, 2.24) is 0 Å². The van der Waals surface area contributed by atoms with Gasteiger partial charge in [0.1, 0.15) is 0 Å². The van der Waals surface area contributed by atoms with Crippen molar-refractivity contribution >= 4 is 11.4 Å². The Morgan fingerprint density at radius 2 is 2.00 bits per heavy atom. The smallest absolute Gasteiger partial charge is 0.274 e. The van der Waals surface area contributed by atoms with E-state index in [2.05, 4.69) is 19.2 Å². The van der Waals surface area contributed by atoms with Gasteiger partial charge in [-0.05, 0) is 38.8 Å². The van der Waals surface area contributed by atoms with E-state index in [0.717, 1.165) is 17.7 Å². The fourth-order valence-electron chi connectivity index (χ4n) is 1.56. The van der Waals surface area contributed by atoms with Crippen LogP contribution >= 0.6 is 0 Å². The zero-order chi connectivity index (χ0) is 12.3. The number of aryl methyl sites for hydroxylation is 2. The average Bonchev–Trinajstić information content (AvgIpc) is 2.21. The molecule has 88 valence electrons. The van der Waals surface area contributed by atoms with Crippen LogP contribution in [0.1, 0.15) is 31.4 Å². The molecule has 0 aliphatic carbocycles. The summed E-state index contributed by atoms with van der Waals surface area (Å²) < 4.78 is 0. The van der Waals surface area contributed by atoms with E-state index >= 15 is 0 Å². The summed E-state index contributed by atoms with van der Waals surface area (Å²) in [5.41, 5.74) is 2.78. The molecular weight excluding hydrogens is 204 g/mol. The van der Waals surface area contributed by atoms with Crippen molar-refractivity contribution in [3.63, 3.8) is 0 Å². The summed E-state index contributed by atoms with van der Waals surface area (Å²) in [4.78, 5) is 10.5. The highest BCUT2D eigenvalue weighted by atomic mass is 16.6. The summed E-state index contributed by atoms with van der Waals surface area (Å²) >= 11 is 0. The molecule has 1 unspecified atom stereocenters. The fraction of sp³-hybridized carbons (Fsp3) is 0.500. The quantitative estimate of drug-likeness (QED) is 0.627. The largest absolute Gasteiger partial charge is 0.382 e. The Hall–Kier alpha value is -1.58. The Kier molecular flexibility index (Phi) is 3.88. The molecule has 1 aromatic carbocycles. The molecule has 0 amide bonds. The van der Waals surface area contributed by atoms with E-state index < -0.39 is 0 Å². The van der Waals surface area contributed by atoms with Crippen LogP contribution in [0.25, 0.3) is 0 Å². The summed E-state index contributed by atoms with van der Waals surface area (Å²) in [6.45, 7) is 7.86. The Bertz CT molecular complexity index is 402. The number of nitrogens with zero attached hydrogens (tertiary/aromatic N) is 1. The SMILES string of the molecule is CCC(C)Nc1cc([N+](=O)[O-])c(C)cc1C. The van der Waals surface area contributed by atoms with Gasteiger partial charge in [0, 0.05) is 23.4 Å². The van der Waals surface area contributed by atoms with Gasteiger partial charge in [-0.2, -0.15) is 0 Å². The minimum absolute atomic E-state index is 0.177. The molecule has 1 N–H and O–H groups in total. The van der Waals surface area contributed by atoms with Crippen molar-refractivity contribution < 1.29 is 4.92 Å². The van der Waals surface area contributed by atoms with Crippen LogP contribution in [0.15, 0.2) is 12.1 Å². The van der Waals surface area contributed by atoms with Crippen LogP contribution in [0.2, 0.25) is 0 Å². The Morgan fingerprint density at radius 3 is 2.50 bits per heavy atom. The number of hydrogen-bond donors (Lipinski definition) is 1. The Labute approximate surface area is 95.8 Å². The zero-order valence-electron chi connectivity index (χ0n) is 10.2. The second kappa shape index (κ2) is 4.96. The lowest BCUT2D eigenvalue weighted by Crippen LogP contribution is -2.14. The highest BCUT2D eigenvalue weighted by molar-refractivity contribution is 5.60. The topological polar surface area (TPSA) is 55.2 Å². The molecule has 0 spiro atoms. The standard InChI is InChI=1S/C12H18N2O2/c1-5-10(4)13-11-7-12(14(15)16)9(3)6-8(11)2/h6-7,10,13H,5H2,1-4H3. The van der Waals surface area contributed by atoms with Crippen molar-refractivity contribution in [2.75, 3.05) is 5.32 Å². The van der Waals surface area contributed by atoms with Crippen molar-refractivity contribution in [3.05, 3.63) is 33.4 Å². The molecule has 0 saturated carbocycles. The number of nitro groups is 1. The maximum Gasteiger partial charge on any atom is 0.274 e.